The first-order valence-corrected chi connectivity index (χ1v) is 10.9. The zero-order valence-electron chi connectivity index (χ0n) is 14.7. The van der Waals surface area contributed by atoms with Gasteiger partial charge in [0.1, 0.15) is 0 Å². The molecule has 0 radical (unpaired) electrons. The quantitative estimate of drug-likeness (QED) is 0.799. The Morgan fingerprint density at radius 3 is 2.24 bits per heavy atom. The summed E-state index contributed by atoms with van der Waals surface area (Å²) < 4.78 is 23.3. The van der Waals surface area contributed by atoms with Gasteiger partial charge < -0.3 is 4.90 Å². The SMILES string of the molecule is CC(C)(C(=O)N1CCN(C2CCS(=O)(=O)C2)CC1)c1ccc(Cl)cc1. The Hall–Kier alpha value is -1.11. The number of carbonyl (C=O) groups excluding carboxylic acids is 1. The summed E-state index contributed by atoms with van der Waals surface area (Å²) in [6.07, 6.45) is 0.715. The summed E-state index contributed by atoms with van der Waals surface area (Å²) in [5.74, 6) is 0.658. The summed E-state index contributed by atoms with van der Waals surface area (Å²) in [7, 11) is -2.87. The van der Waals surface area contributed by atoms with E-state index in [1.807, 2.05) is 43.0 Å². The predicted molar refractivity (Wildman–Crippen MR) is 99.7 cm³/mol. The van der Waals surface area contributed by atoms with Crippen LogP contribution >= 0.6 is 11.6 Å². The Morgan fingerprint density at radius 1 is 1.12 bits per heavy atom. The first-order valence-electron chi connectivity index (χ1n) is 8.69. The van der Waals surface area contributed by atoms with Crippen molar-refractivity contribution in [1.82, 2.24) is 9.80 Å². The van der Waals surface area contributed by atoms with Crippen molar-refractivity contribution >= 4 is 27.3 Å². The van der Waals surface area contributed by atoms with E-state index in [4.69, 9.17) is 11.6 Å². The minimum Gasteiger partial charge on any atom is -0.339 e. The summed E-state index contributed by atoms with van der Waals surface area (Å²) in [6.45, 7) is 6.65. The zero-order valence-corrected chi connectivity index (χ0v) is 16.3. The van der Waals surface area contributed by atoms with Crippen LogP contribution in [0.15, 0.2) is 24.3 Å². The number of carbonyl (C=O) groups is 1. The Balaban J connectivity index is 1.62. The first-order chi connectivity index (χ1) is 11.7. The third kappa shape index (κ3) is 4.01. The van der Waals surface area contributed by atoms with E-state index in [0.717, 1.165) is 18.7 Å². The average Bonchev–Trinajstić information content (AvgIpc) is 2.95. The zero-order chi connectivity index (χ0) is 18.2. The van der Waals surface area contributed by atoms with Crippen molar-refractivity contribution in [2.24, 2.45) is 0 Å². The molecule has 0 bridgehead atoms. The van der Waals surface area contributed by atoms with Gasteiger partial charge in [0.05, 0.1) is 16.9 Å². The van der Waals surface area contributed by atoms with Crippen LogP contribution in [0.1, 0.15) is 25.8 Å². The minimum atomic E-state index is -2.87. The van der Waals surface area contributed by atoms with Gasteiger partial charge in [-0.3, -0.25) is 9.69 Å². The maximum Gasteiger partial charge on any atom is 0.232 e. The van der Waals surface area contributed by atoms with Crippen molar-refractivity contribution < 1.29 is 13.2 Å². The van der Waals surface area contributed by atoms with Gasteiger partial charge in [-0.1, -0.05) is 23.7 Å². The molecule has 2 heterocycles. The van der Waals surface area contributed by atoms with Crippen molar-refractivity contribution in [2.75, 3.05) is 37.7 Å². The Bertz CT molecular complexity index is 738. The fourth-order valence-corrected chi connectivity index (χ4v) is 5.63. The van der Waals surface area contributed by atoms with E-state index < -0.39 is 15.3 Å². The molecular weight excluding hydrogens is 360 g/mol. The van der Waals surface area contributed by atoms with Gasteiger partial charge in [0.15, 0.2) is 9.84 Å². The maximum absolute atomic E-state index is 13.0. The van der Waals surface area contributed by atoms with Crippen molar-refractivity contribution in [3.05, 3.63) is 34.9 Å². The van der Waals surface area contributed by atoms with Crippen molar-refractivity contribution in [3.8, 4) is 0 Å². The van der Waals surface area contributed by atoms with Gasteiger partial charge in [0, 0.05) is 37.2 Å². The fourth-order valence-electron chi connectivity index (χ4n) is 3.74. The third-order valence-electron chi connectivity index (χ3n) is 5.43. The minimum absolute atomic E-state index is 0.105. The van der Waals surface area contributed by atoms with Crippen molar-refractivity contribution in [2.45, 2.75) is 31.7 Å². The highest BCUT2D eigenvalue weighted by molar-refractivity contribution is 7.91. The summed E-state index contributed by atoms with van der Waals surface area (Å²) in [5, 5.41) is 0.659. The molecule has 2 aliphatic heterocycles. The standard InChI is InChI=1S/C18H25ClN2O3S/c1-18(2,14-3-5-15(19)6-4-14)17(22)21-10-8-20(9-11-21)16-7-12-25(23,24)13-16/h3-6,16H,7-13H2,1-2H3. The molecule has 0 saturated carbocycles. The summed E-state index contributed by atoms with van der Waals surface area (Å²) >= 11 is 5.94. The second-order valence-corrected chi connectivity index (χ2v) is 10.2. The lowest BCUT2D eigenvalue weighted by atomic mass is 9.83. The molecule has 2 aliphatic rings. The number of amides is 1. The molecule has 1 aromatic rings. The molecule has 5 nitrogen and oxygen atoms in total. The lowest BCUT2D eigenvalue weighted by molar-refractivity contribution is -0.138. The lowest BCUT2D eigenvalue weighted by Crippen LogP contribution is -2.55. The molecular formula is C18H25ClN2O3S. The van der Waals surface area contributed by atoms with Gasteiger partial charge in [-0.05, 0) is 38.0 Å². The van der Waals surface area contributed by atoms with Crippen LogP contribution in [0.25, 0.3) is 0 Å². The highest BCUT2D eigenvalue weighted by Gasteiger charge is 2.38. The normalized spacial score (nSPS) is 24.4. The number of hydrogen-bond donors (Lipinski definition) is 0. The molecule has 138 valence electrons. The molecule has 0 spiro atoms. The molecule has 7 heteroatoms. The Morgan fingerprint density at radius 2 is 1.72 bits per heavy atom. The number of rotatable bonds is 3. The highest BCUT2D eigenvalue weighted by atomic mass is 35.5. The number of nitrogens with zero attached hydrogens (tertiary/aromatic N) is 2. The molecule has 1 atom stereocenters. The van der Waals surface area contributed by atoms with E-state index in [-0.39, 0.29) is 17.7 Å². The largest absolute Gasteiger partial charge is 0.339 e. The predicted octanol–water partition coefficient (Wildman–Crippen LogP) is 1.95. The van der Waals surface area contributed by atoms with Crippen LogP contribution in [0.4, 0.5) is 0 Å². The number of piperazine rings is 1. The van der Waals surface area contributed by atoms with Crippen molar-refractivity contribution in [3.63, 3.8) is 0 Å². The van der Waals surface area contributed by atoms with Crippen LogP contribution in [0.3, 0.4) is 0 Å². The van der Waals surface area contributed by atoms with Gasteiger partial charge >= 0.3 is 0 Å². The molecule has 1 amide bonds. The van der Waals surface area contributed by atoms with E-state index in [0.29, 0.717) is 30.3 Å². The lowest BCUT2D eigenvalue weighted by Gasteiger charge is -2.40. The average molecular weight is 385 g/mol. The molecule has 3 rings (SSSR count). The van der Waals surface area contributed by atoms with Gasteiger partial charge in [-0.2, -0.15) is 0 Å². The van der Waals surface area contributed by atoms with E-state index in [1.54, 1.807) is 0 Å². The number of sulfone groups is 1. The molecule has 25 heavy (non-hydrogen) atoms. The molecule has 2 fully saturated rings. The van der Waals surface area contributed by atoms with E-state index in [1.165, 1.54) is 0 Å². The van der Waals surface area contributed by atoms with Crippen LogP contribution < -0.4 is 0 Å². The molecule has 2 saturated heterocycles. The number of hydrogen-bond acceptors (Lipinski definition) is 4. The van der Waals surface area contributed by atoms with Gasteiger partial charge in [0.25, 0.3) is 0 Å². The smallest absolute Gasteiger partial charge is 0.232 e. The van der Waals surface area contributed by atoms with Gasteiger partial charge in [0.2, 0.25) is 5.91 Å². The van der Waals surface area contributed by atoms with E-state index in [2.05, 4.69) is 4.90 Å². The number of halogens is 1. The van der Waals surface area contributed by atoms with Crippen LogP contribution in [0, 0.1) is 0 Å². The molecule has 0 aromatic heterocycles. The first kappa shape index (κ1) is 18.7. The summed E-state index contributed by atoms with van der Waals surface area (Å²) in [5.41, 5.74) is 0.343. The summed E-state index contributed by atoms with van der Waals surface area (Å²) in [6, 6.07) is 7.54. The second kappa shape index (κ2) is 6.89. The highest BCUT2D eigenvalue weighted by Crippen LogP contribution is 2.28. The second-order valence-electron chi connectivity index (χ2n) is 7.52. The van der Waals surface area contributed by atoms with Crippen LogP contribution in [-0.2, 0) is 20.0 Å². The Kier molecular flexibility index (Phi) is 5.15. The number of benzene rings is 1. The van der Waals surface area contributed by atoms with Crippen LogP contribution in [0.5, 0.6) is 0 Å². The Labute approximate surface area is 154 Å². The molecule has 0 N–H and O–H groups in total. The fraction of sp³-hybridized carbons (Fsp3) is 0.611. The van der Waals surface area contributed by atoms with Crippen molar-refractivity contribution in [1.29, 1.82) is 0 Å². The summed E-state index contributed by atoms with van der Waals surface area (Å²) in [4.78, 5) is 17.1. The van der Waals surface area contributed by atoms with Gasteiger partial charge in [-0.25, -0.2) is 8.42 Å². The van der Waals surface area contributed by atoms with Crippen LogP contribution in [0.2, 0.25) is 5.02 Å². The third-order valence-corrected chi connectivity index (χ3v) is 7.43. The van der Waals surface area contributed by atoms with E-state index in [9.17, 15) is 13.2 Å². The molecule has 1 aromatic carbocycles. The van der Waals surface area contributed by atoms with E-state index >= 15 is 0 Å². The monoisotopic (exact) mass is 384 g/mol. The van der Waals surface area contributed by atoms with Gasteiger partial charge in [-0.15, -0.1) is 0 Å². The molecule has 1 unspecified atom stereocenters. The maximum atomic E-state index is 13.0. The van der Waals surface area contributed by atoms with Crippen LogP contribution in [-0.4, -0.2) is 67.9 Å². The molecule has 0 aliphatic carbocycles. The topological polar surface area (TPSA) is 57.7 Å².